The van der Waals surface area contributed by atoms with Crippen LogP contribution in [0.2, 0.25) is 5.02 Å². The molecule has 0 amide bonds. The van der Waals surface area contributed by atoms with E-state index in [9.17, 15) is 4.79 Å². The van der Waals surface area contributed by atoms with Crippen LogP contribution in [0.5, 0.6) is 5.75 Å². The molecule has 0 unspecified atom stereocenters. The summed E-state index contributed by atoms with van der Waals surface area (Å²) < 4.78 is 7.33. The van der Waals surface area contributed by atoms with Crippen molar-refractivity contribution in [1.82, 2.24) is 9.66 Å². The second-order valence-electron chi connectivity index (χ2n) is 7.10. The highest BCUT2D eigenvalue weighted by Gasteiger charge is 2.22. The molecule has 0 aliphatic carbocycles. The summed E-state index contributed by atoms with van der Waals surface area (Å²) in [6, 6.07) is 10.8. The molecule has 1 heterocycles. The second-order valence-corrected chi connectivity index (χ2v) is 8.43. The van der Waals surface area contributed by atoms with Crippen molar-refractivity contribution in [3.05, 3.63) is 67.6 Å². The topological polar surface area (TPSA) is 56.5 Å². The first-order chi connectivity index (χ1) is 12.7. The predicted molar refractivity (Wildman–Crippen MR) is 113 cm³/mol. The zero-order valence-electron chi connectivity index (χ0n) is 15.5. The van der Waals surface area contributed by atoms with Crippen molar-refractivity contribution in [2.24, 2.45) is 5.10 Å². The van der Waals surface area contributed by atoms with E-state index >= 15 is 0 Å². The molecule has 0 saturated carbocycles. The molecule has 2 aromatic carbocycles. The van der Waals surface area contributed by atoms with Gasteiger partial charge in [-0.3, -0.25) is 4.79 Å². The Kier molecular flexibility index (Phi) is 5.40. The highest BCUT2D eigenvalue weighted by molar-refractivity contribution is 9.10. The quantitative estimate of drug-likeness (QED) is 0.530. The molecule has 3 rings (SSSR count). The third kappa shape index (κ3) is 4.06. The molecule has 0 saturated heterocycles. The lowest BCUT2D eigenvalue weighted by Gasteiger charge is -2.20. The van der Waals surface area contributed by atoms with Gasteiger partial charge in [0.15, 0.2) is 0 Å². The lowest BCUT2D eigenvalue weighted by Crippen LogP contribution is -2.29. The molecular formula is C20H19BrClN3O2. The summed E-state index contributed by atoms with van der Waals surface area (Å²) in [4.78, 5) is 17.8. The van der Waals surface area contributed by atoms with Gasteiger partial charge in [0.25, 0.3) is 5.56 Å². The normalized spacial score (nSPS) is 12.1. The van der Waals surface area contributed by atoms with E-state index in [0.29, 0.717) is 27.5 Å². The first kappa shape index (κ1) is 19.6. The monoisotopic (exact) mass is 447 g/mol. The van der Waals surface area contributed by atoms with Gasteiger partial charge in [-0.05, 0) is 42.0 Å². The predicted octanol–water partition coefficient (Wildman–Crippen LogP) is 5.00. The molecule has 140 valence electrons. The number of ether oxygens (including phenoxy) is 1. The minimum Gasteiger partial charge on any atom is -0.495 e. The van der Waals surface area contributed by atoms with Gasteiger partial charge in [-0.15, -0.1) is 0 Å². The van der Waals surface area contributed by atoms with Gasteiger partial charge in [0.05, 0.1) is 29.2 Å². The number of hydrogen-bond acceptors (Lipinski definition) is 4. The van der Waals surface area contributed by atoms with Crippen LogP contribution in [0.4, 0.5) is 0 Å². The van der Waals surface area contributed by atoms with Crippen LogP contribution in [-0.4, -0.2) is 23.0 Å². The van der Waals surface area contributed by atoms with Crippen molar-refractivity contribution in [3.8, 4) is 5.75 Å². The van der Waals surface area contributed by atoms with Gasteiger partial charge < -0.3 is 4.74 Å². The molecule has 0 fully saturated rings. The summed E-state index contributed by atoms with van der Waals surface area (Å²) in [6.45, 7) is 5.99. The fraction of sp³-hybridized carbons (Fsp3) is 0.250. The maximum Gasteiger partial charge on any atom is 0.282 e. The molecule has 0 bridgehead atoms. The molecule has 0 spiro atoms. The van der Waals surface area contributed by atoms with Crippen LogP contribution in [0.1, 0.15) is 32.2 Å². The maximum atomic E-state index is 13.1. The van der Waals surface area contributed by atoms with E-state index in [1.807, 2.05) is 39.0 Å². The van der Waals surface area contributed by atoms with E-state index in [0.717, 1.165) is 10.0 Å². The Morgan fingerprint density at radius 2 is 1.96 bits per heavy atom. The zero-order chi connectivity index (χ0) is 19.8. The van der Waals surface area contributed by atoms with E-state index in [-0.39, 0.29) is 11.0 Å². The fourth-order valence-electron chi connectivity index (χ4n) is 2.63. The van der Waals surface area contributed by atoms with Crippen molar-refractivity contribution in [2.45, 2.75) is 26.2 Å². The molecule has 0 aliphatic rings. The van der Waals surface area contributed by atoms with E-state index < -0.39 is 0 Å². The molecule has 27 heavy (non-hydrogen) atoms. The summed E-state index contributed by atoms with van der Waals surface area (Å²) in [5, 5.41) is 5.40. The minimum atomic E-state index is -0.366. The van der Waals surface area contributed by atoms with Gasteiger partial charge in [-0.2, -0.15) is 9.78 Å². The lowest BCUT2D eigenvalue weighted by atomic mass is 9.95. The van der Waals surface area contributed by atoms with E-state index in [4.69, 9.17) is 16.3 Å². The van der Waals surface area contributed by atoms with Crippen molar-refractivity contribution in [2.75, 3.05) is 7.11 Å². The molecule has 0 N–H and O–H groups in total. The van der Waals surface area contributed by atoms with Gasteiger partial charge >= 0.3 is 0 Å². The average molecular weight is 449 g/mol. The zero-order valence-corrected chi connectivity index (χ0v) is 17.8. The van der Waals surface area contributed by atoms with Crippen LogP contribution < -0.4 is 10.3 Å². The number of aromatic nitrogens is 2. The van der Waals surface area contributed by atoms with Crippen LogP contribution in [0, 0.1) is 0 Å². The Hall–Kier alpha value is -2.18. The number of benzene rings is 2. The van der Waals surface area contributed by atoms with E-state index in [1.54, 1.807) is 31.5 Å². The molecule has 7 heteroatoms. The van der Waals surface area contributed by atoms with Crippen LogP contribution >= 0.6 is 27.5 Å². The number of nitrogens with zero attached hydrogens (tertiary/aromatic N) is 3. The molecule has 0 atom stereocenters. The molecular weight excluding hydrogens is 430 g/mol. The first-order valence-electron chi connectivity index (χ1n) is 8.31. The van der Waals surface area contributed by atoms with Gasteiger partial charge in [-0.25, -0.2) is 4.98 Å². The van der Waals surface area contributed by atoms with Crippen molar-refractivity contribution in [3.63, 3.8) is 0 Å². The summed E-state index contributed by atoms with van der Waals surface area (Å²) >= 11 is 9.57. The number of hydrogen-bond donors (Lipinski definition) is 0. The molecule has 0 aliphatic heterocycles. The Bertz CT molecular complexity index is 1100. The lowest BCUT2D eigenvalue weighted by molar-refractivity contribution is 0.415. The van der Waals surface area contributed by atoms with Crippen molar-refractivity contribution < 1.29 is 4.74 Å². The van der Waals surface area contributed by atoms with Gasteiger partial charge in [0, 0.05) is 9.89 Å². The smallest absolute Gasteiger partial charge is 0.282 e. The van der Waals surface area contributed by atoms with Crippen LogP contribution in [-0.2, 0) is 5.41 Å². The Labute approximate surface area is 170 Å². The van der Waals surface area contributed by atoms with Gasteiger partial charge in [-0.1, -0.05) is 48.3 Å². The number of fused-ring (bicyclic) bond motifs is 1. The maximum absolute atomic E-state index is 13.1. The van der Waals surface area contributed by atoms with E-state index in [1.165, 1.54) is 4.68 Å². The van der Waals surface area contributed by atoms with Crippen molar-refractivity contribution >= 4 is 44.6 Å². The van der Waals surface area contributed by atoms with Crippen molar-refractivity contribution in [1.29, 1.82) is 0 Å². The second kappa shape index (κ2) is 7.44. The third-order valence-corrected chi connectivity index (χ3v) is 4.77. The first-order valence-corrected chi connectivity index (χ1v) is 9.48. The highest BCUT2D eigenvalue weighted by Crippen LogP contribution is 2.25. The molecule has 1 aromatic heterocycles. The van der Waals surface area contributed by atoms with Crippen LogP contribution in [0.3, 0.4) is 0 Å². The molecule has 5 nitrogen and oxygen atoms in total. The third-order valence-electron chi connectivity index (χ3n) is 3.98. The summed E-state index contributed by atoms with van der Waals surface area (Å²) in [7, 11) is 1.56. The van der Waals surface area contributed by atoms with E-state index in [2.05, 4.69) is 26.0 Å². The minimum absolute atomic E-state index is 0.220. The average Bonchev–Trinajstić information content (AvgIpc) is 2.60. The fourth-order valence-corrected chi connectivity index (χ4v) is 3.26. The van der Waals surface area contributed by atoms with Crippen LogP contribution in [0.25, 0.3) is 10.9 Å². The van der Waals surface area contributed by atoms with Crippen LogP contribution in [0.15, 0.2) is 50.8 Å². The summed E-state index contributed by atoms with van der Waals surface area (Å²) in [6.07, 6.45) is 1.59. The Morgan fingerprint density at radius 3 is 2.59 bits per heavy atom. The number of methoxy groups -OCH3 is 1. The SMILES string of the molecule is COc1ccc(C=Nn2c(C(C)(C)C)nc3ccc(Br)cc3c2=O)cc1Cl. The van der Waals surface area contributed by atoms with Gasteiger partial charge in [0.1, 0.15) is 11.6 Å². The number of halogens is 2. The standard InChI is InChI=1S/C20H19BrClN3O2/c1-20(2,3)19-24-16-7-6-13(21)10-14(16)18(26)25(19)23-11-12-5-8-17(27-4)15(22)9-12/h5-11H,1-4H3. The Morgan fingerprint density at radius 1 is 1.22 bits per heavy atom. The molecule has 3 aromatic rings. The summed E-state index contributed by atoms with van der Waals surface area (Å²) in [5.41, 5.74) is 0.811. The van der Waals surface area contributed by atoms with Gasteiger partial charge in [0.2, 0.25) is 0 Å². The number of rotatable bonds is 3. The Balaban J connectivity index is 2.18. The highest BCUT2D eigenvalue weighted by atomic mass is 79.9. The largest absolute Gasteiger partial charge is 0.495 e. The summed E-state index contributed by atoms with van der Waals surface area (Å²) in [5.74, 6) is 1.16. The molecule has 0 radical (unpaired) electrons.